The second-order valence-electron chi connectivity index (χ2n) is 4.29. The first-order valence-corrected chi connectivity index (χ1v) is 7.58. The molecule has 5 nitrogen and oxygen atoms in total. The van der Waals surface area contributed by atoms with Gasteiger partial charge in [-0.05, 0) is 25.1 Å². The van der Waals surface area contributed by atoms with Gasteiger partial charge >= 0.3 is 0 Å². The number of nitriles is 1. The van der Waals surface area contributed by atoms with Crippen molar-refractivity contribution in [2.45, 2.75) is 17.9 Å². The number of morpholine rings is 1. The van der Waals surface area contributed by atoms with Gasteiger partial charge in [0, 0.05) is 12.6 Å². The summed E-state index contributed by atoms with van der Waals surface area (Å²) < 4.78 is 31.6. The lowest BCUT2D eigenvalue weighted by molar-refractivity contribution is 0.0393. The van der Waals surface area contributed by atoms with E-state index in [-0.39, 0.29) is 21.5 Å². The SMILES string of the molecule is CC1COCCN1S(=O)(=O)c1ccc(C#N)c(Cl)c1. The van der Waals surface area contributed by atoms with E-state index < -0.39 is 10.0 Å². The van der Waals surface area contributed by atoms with Crippen molar-refractivity contribution in [2.24, 2.45) is 0 Å². The van der Waals surface area contributed by atoms with Crippen molar-refractivity contribution in [1.82, 2.24) is 4.31 Å². The van der Waals surface area contributed by atoms with Crippen LogP contribution in [0.25, 0.3) is 0 Å². The Bertz CT molecular complexity index is 624. The highest BCUT2D eigenvalue weighted by molar-refractivity contribution is 7.89. The predicted octanol–water partition coefficient (Wildman–Crippen LogP) is 1.62. The van der Waals surface area contributed by atoms with Crippen molar-refractivity contribution in [1.29, 1.82) is 5.26 Å². The summed E-state index contributed by atoms with van der Waals surface area (Å²) in [5.41, 5.74) is 0.260. The summed E-state index contributed by atoms with van der Waals surface area (Å²) in [5, 5.41) is 8.94. The molecule has 1 fully saturated rings. The van der Waals surface area contributed by atoms with Crippen LogP contribution in [-0.2, 0) is 14.8 Å². The van der Waals surface area contributed by atoms with Crippen LogP contribution >= 0.6 is 11.6 Å². The number of nitrogens with zero attached hydrogens (tertiary/aromatic N) is 2. The first-order valence-electron chi connectivity index (χ1n) is 5.76. The molecule has 0 amide bonds. The number of hydrogen-bond acceptors (Lipinski definition) is 4. The maximum atomic E-state index is 12.5. The minimum atomic E-state index is -3.60. The smallest absolute Gasteiger partial charge is 0.243 e. The van der Waals surface area contributed by atoms with E-state index in [2.05, 4.69) is 0 Å². The Morgan fingerprint density at radius 1 is 1.53 bits per heavy atom. The maximum absolute atomic E-state index is 12.5. The van der Waals surface area contributed by atoms with Crippen molar-refractivity contribution in [3.63, 3.8) is 0 Å². The fourth-order valence-electron chi connectivity index (χ4n) is 1.95. The largest absolute Gasteiger partial charge is 0.378 e. The third kappa shape index (κ3) is 2.74. The van der Waals surface area contributed by atoms with Gasteiger partial charge in [0.25, 0.3) is 0 Å². The van der Waals surface area contributed by atoms with Gasteiger partial charge in [-0.25, -0.2) is 8.42 Å². The number of ether oxygens (including phenoxy) is 1. The Morgan fingerprint density at radius 2 is 2.26 bits per heavy atom. The van der Waals surface area contributed by atoms with Crippen molar-refractivity contribution in [3.8, 4) is 6.07 Å². The molecule has 0 aromatic heterocycles. The van der Waals surface area contributed by atoms with Gasteiger partial charge in [0.15, 0.2) is 0 Å². The van der Waals surface area contributed by atoms with Gasteiger partial charge in [-0.2, -0.15) is 9.57 Å². The number of hydrogen-bond donors (Lipinski definition) is 0. The van der Waals surface area contributed by atoms with Crippen LogP contribution in [-0.4, -0.2) is 38.5 Å². The molecule has 1 aliphatic heterocycles. The molecule has 19 heavy (non-hydrogen) atoms. The summed E-state index contributed by atoms with van der Waals surface area (Å²) in [4.78, 5) is 0.102. The number of rotatable bonds is 2. The minimum Gasteiger partial charge on any atom is -0.378 e. The van der Waals surface area contributed by atoms with Crippen molar-refractivity contribution >= 4 is 21.6 Å². The fraction of sp³-hybridized carbons (Fsp3) is 0.417. The highest BCUT2D eigenvalue weighted by atomic mass is 35.5. The third-order valence-electron chi connectivity index (χ3n) is 2.97. The average molecular weight is 301 g/mol. The molecule has 1 unspecified atom stereocenters. The maximum Gasteiger partial charge on any atom is 0.243 e. The summed E-state index contributed by atoms with van der Waals surface area (Å²) in [5.74, 6) is 0. The first kappa shape index (κ1) is 14.3. The lowest BCUT2D eigenvalue weighted by atomic mass is 10.2. The van der Waals surface area contributed by atoms with E-state index in [1.165, 1.54) is 22.5 Å². The average Bonchev–Trinajstić information content (AvgIpc) is 2.39. The first-order chi connectivity index (χ1) is 8.96. The summed E-state index contributed by atoms with van der Waals surface area (Å²) in [6.45, 7) is 2.87. The van der Waals surface area contributed by atoms with E-state index in [0.29, 0.717) is 19.8 Å². The molecule has 1 heterocycles. The zero-order valence-electron chi connectivity index (χ0n) is 10.3. The van der Waals surface area contributed by atoms with Crippen LogP contribution in [0.4, 0.5) is 0 Å². The normalized spacial score (nSPS) is 21.0. The van der Waals surface area contributed by atoms with Crippen molar-refractivity contribution in [2.75, 3.05) is 19.8 Å². The molecule has 0 N–H and O–H groups in total. The molecule has 2 rings (SSSR count). The van der Waals surface area contributed by atoms with Crippen molar-refractivity contribution < 1.29 is 13.2 Å². The quantitative estimate of drug-likeness (QED) is 0.832. The summed E-state index contributed by atoms with van der Waals surface area (Å²) in [7, 11) is -3.60. The van der Waals surface area contributed by atoms with E-state index in [0.717, 1.165) is 0 Å². The van der Waals surface area contributed by atoms with Crippen LogP contribution in [0.15, 0.2) is 23.1 Å². The second kappa shape index (κ2) is 5.47. The van der Waals surface area contributed by atoms with Gasteiger partial charge in [0.2, 0.25) is 10.0 Å². The number of benzene rings is 1. The molecular weight excluding hydrogens is 288 g/mol. The number of sulfonamides is 1. The van der Waals surface area contributed by atoms with Crippen LogP contribution in [0.1, 0.15) is 12.5 Å². The van der Waals surface area contributed by atoms with E-state index >= 15 is 0 Å². The van der Waals surface area contributed by atoms with Crippen LogP contribution < -0.4 is 0 Å². The molecule has 1 saturated heterocycles. The highest BCUT2D eigenvalue weighted by Crippen LogP contribution is 2.25. The molecule has 1 aromatic rings. The van der Waals surface area contributed by atoms with Crippen LogP contribution in [0.3, 0.4) is 0 Å². The molecular formula is C12H13ClN2O3S. The molecule has 1 atom stereocenters. The molecule has 1 aromatic carbocycles. The van der Waals surface area contributed by atoms with E-state index in [1.54, 1.807) is 6.92 Å². The summed E-state index contributed by atoms with van der Waals surface area (Å²) >= 11 is 5.88. The van der Waals surface area contributed by atoms with Gasteiger partial charge in [-0.3, -0.25) is 0 Å². The third-order valence-corrected chi connectivity index (χ3v) is 5.30. The van der Waals surface area contributed by atoms with Gasteiger partial charge in [-0.1, -0.05) is 11.6 Å². The van der Waals surface area contributed by atoms with Crippen LogP contribution in [0, 0.1) is 11.3 Å². The van der Waals surface area contributed by atoms with E-state index in [9.17, 15) is 8.42 Å². The Labute approximate surface area is 117 Å². The van der Waals surface area contributed by atoms with E-state index in [1.807, 2.05) is 6.07 Å². The zero-order valence-corrected chi connectivity index (χ0v) is 11.9. The molecule has 1 aliphatic rings. The van der Waals surface area contributed by atoms with Gasteiger partial charge in [0.05, 0.1) is 28.7 Å². The Balaban J connectivity index is 2.39. The molecule has 0 spiro atoms. The Kier molecular flexibility index (Phi) is 4.11. The fourth-order valence-corrected chi connectivity index (χ4v) is 3.87. The molecule has 0 aliphatic carbocycles. The summed E-state index contributed by atoms with van der Waals surface area (Å²) in [6.07, 6.45) is 0. The molecule has 0 saturated carbocycles. The van der Waals surface area contributed by atoms with Crippen LogP contribution in [0.2, 0.25) is 5.02 Å². The molecule has 0 bridgehead atoms. The molecule has 0 radical (unpaired) electrons. The summed E-state index contributed by atoms with van der Waals surface area (Å²) in [6, 6.07) is 5.83. The van der Waals surface area contributed by atoms with Gasteiger partial charge in [0.1, 0.15) is 6.07 Å². The predicted molar refractivity (Wildman–Crippen MR) is 70.3 cm³/mol. The monoisotopic (exact) mass is 300 g/mol. The van der Waals surface area contributed by atoms with Gasteiger partial charge < -0.3 is 4.74 Å². The lowest BCUT2D eigenvalue weighted by Crippen LogP contribution is -2.46. The zero-order chi connectivity index (χ0) is 14.0. The molecule has 102 valence electrons. The Hall–Kier alpha value is -1.13. The topological polar surface area (TPSA) is 70.4 Å². The molecule has 7 heteroatoms. The van der Waals surface area contributed by atoms with Crippen LogP contribution in [0.5, 0.6) is 0 Å². The Morgan fingerprint density at radius 3 is 2.84 bits per heavy atom. The lowest BCUT2D eigenvalue weighted by Gasteiger charge is -2.32. The second-order valence-corrected chi connectivity index (χ2v) is 6.59. The highest BCUT2D eigenvalue weighted by Gasteiger charge is 2.31. The standard InChI is InChI=1S/C12H13ClN2O3S/c1-9-8-18-5-4-15(9)19(16,17)11-3-2-10(7-14)12(13)6-11/h2-3,6,9H,4-5,8H2,1H3. The minimum absolute atomic E-state index is 0.102. The van der Waals surface area contributed by atoms with Gasteiger partial charge in [-0.15, -0.1) is 0 Å². The number of halogens is 1. The van der Waals surface area contributed by atoms with E-state index in [4.69, 9.17) is 21.6 Å². The van der Waals surface area contributed by atoms with Crippen molar-refractivity contribution in [3.05, 3.63) is 28.8 Å².